The maximum absolute atomic E-state index is 9.09. The molecule has 3 aromatic rings. The van der Waals surface area contributed by atoms with E-state index < -0.39 is 0 Å². The molecule has 158 valence electrons. The number of aliphatic hydroxyl groups is 1. The van der Waals surface area contributed by atoms with Gasteiger partial charge in [-0.3, -0.25) is 19.5 Å². The van der Waals surface area contributed by atoms with E-state index >= 15 is 0 Å². The van der Waals surface area contributed by atoms with Gasteiger partial charge in [-0.25, -0.2) is 4.98 Å². The molecule has 5 N–H and O–H groups in total. The van der Waals surface area contributed by atoms with Gasteiger partial charge in [-0.2, -0.15) is 10.1 Å². The van der Waals surface area contributed by atoms with Crippen LogP contribution in [0.1, 0.15) is 11.3 Å². The van der Waals surface area contributed by atoms with Crippen LogP contribution in [0.2, 0.25) is 0 Å². The van der Waals surface area contributed by atoms with Crippen LogP contribution >= 0.6 is 0 Å². The fourth-order valence-electron chi connectivity index (χ4n) is 4.44. The van der Waals surface area contributed by atoms with Crippen molar-refractivity contribution in [1.82, 2.24) is 34.5 Å². The molecule has 0 aromatic carbocycles. The standard InChI is InChI=1S/C19H25N9O2/c1-30-16-4-12(8-27-10-14-15(27)9-26(14)2-3-29)22-5-11(16)7-28-17-13(6-23-28)24-19(21)25-18(17)20/h4-6,14-15,29H,2-3,7-10H2,1H3,(H4,20,21,24,25)/t14?,15-/m0/s1. The Hall–Kier alpha value is -3.02. The zero-order valence-electron chi connectivity index (χ0n) is 16.8. The monoisotopic (exact) mass is 411 g/mol. The molecule has 0 saturated carbocycles. The minimum absolute atomic E-state index is 0.127. The van der Waals surface area contributed by atoms with Crippen molar-refractivity contribution in [2.24, 2.45) is 0 Å². The zero-order chi connectivity index (χ0) is 20.8. The van der Waals surface area contributed by atoms with Crippen LogP contribution < -0.4 is 16.2 Å². The predicted molar refractivity (Wildman–Crippen MR) is 111 cm³/mol. The van der Waals surface area contributed by atoms with Crippen molar-refractivity contribution in [3.8, 4) is 5.75 Å². The maximum atomic E-state index is 9.09. The first kappa shape index (κ1) is 19.0. The van der Waals surface area contributed by atoms with Gasteiger partial charge < -0.3 is 21.3 Å². The average molecular weight is 411 g/mol. The number of rotatable bonds is 7. The highest BCUT2D eigenvalue weighted by molar-refractivity contribution is 5.85. The third kappa shape index (κ3) is 3.11. The smallest absolute Gasteiger partial charge is 0.222 e. The summed E-state index contributed by atoms with van der Waals surface area (Å²) in [7, 11) is 1.65. The van der Waals surface area contributed by atoms with Crippen molar-refractivity contribution in [2.75, 3.05) is 44.8 Å². The lowest BCUT2D eigenvalue weighted by atomic mass is 9.85. The lowest BCUT2D eigenvalue weighted by Crippen LogP contribution is -2.78. The van der Waals surface area contributed by atoms with Crippen molar-refractivity contribution < 1.29 is 9.84 Å². The number of nitrogen functional groups attached to an aromatic ring is 2. The second kappa shape index (κ2) is 7.35. The van der Waals surface area contributed by atoms with E-state index in [1.54, 1.807) is 18.0 Å². The van der Waals surface area contributed by atoms with Crippen LogP contribution in [0, 0.1) is 0 Å². The molecule has 2 saturated heterocycles. The second-order valence-electron chi connectivity index (χ2n) is 7.77. The quantitative estimate of drug-likeness (QED) is 0.456. The van der Waals surface area contributed by atoms with Crippen molar-refractivity contribution >= 4 is 22.8 Å². The van der Waals surface area contributed by atoms with E-state index in [0.29, 0.717) is 35.5 Å². The summed E-state index contributed by atoms with van der Waals surface area (Å²) >= 11 is 0. The number of β-amino-alcohol motifs (C(OH)–C–C–N with tert-alkyl or cyclic N) is 1. The fourth-order valence-corrected chi connectivity index (χ4v) is 4.44. The first-order chi connectivity index (χ1) is 14.6. The van der Waals surface area contributed by atoms with Gasteiger partial charge in [0.05, 0.1) is 32.2 Å². The number of piperazine rings is 1. The van der Waals surface area contributed by atoms with Crippen LogP contribution in [0.3, 0.4) is 0 Å². The van der Waals surface area contributed by atoms with Crippen molar-refractivity contribution in [1.29, 1.82) is 0 Å². The van der Waals surface area contributed by atoms with Gasteiger partial charge in [-0.05, 0) is 0 Å². The first-order valence-corrected chi connectivity index (χ1v) is 9.92. The summed E-state index contributed by atoms with van der Waals surface area (Å²) in [6.45, 7) is 4.23. The van der Waals surface area contributed by atoms with E-state index in [9.17, 15) is 0 Å². The van der Waals surface area contributed by atoms with Crippen molar-refractivity contribution in [2.45, 2.75) is 25.2 Å². The highest BCUT2D eigenvalue weighted by Crippen LogP contribution is 2.34. The van der Waals surface area contributed by atoms with Crippen LogP contribution in [-0.2, 0) is 13.1 Å². The fraction of sp³-hybridized carbons (Fsp3) is 0.474. The highest BCUT2D eigenvalue weighted by atomic mass is 16.5. The van der Waals surface area contributed by atoms with Gasteiger partial charge in [-0.15, -0.1) is 0 Å². The lowest BCUT2D eigenvalue weighted by Gasteiger charge is -2.62. The number of fused-ring (bicyclic) bond motifs is 2. The van der Waals surface area contributed by atoms with Gasteiger partial charge in [-0.1, -0.05) is 0 Å². The Morgan fingerprint density at radius 3 is 2.67 bits per heavy atom. The van der Waals surface area contributed by atoms with E-state index in [-0.39, 0.29) is 12.6 Å². The van der Waals surface area contributed by atoms with E-state index in [4.69, 9.17) is 21.3 Å². The third-order valence-corrected chi connectivity index (χ3v) is 6.05. The van der Waals surface area contributed by atoms with Crippen LogP contribution in [0.25, 0.3) is 11.0 Å². The van der Waals surface area contributed by atoms with Gasteiger partial charge in [0.15, 0.2) is 5.82 Å². The summed E-state index contributed by atoms with van der Waals surface area (Å²) < 4.78 is 7.35. The topological polar surface area (TPSA) is 144 Å². The number of ether oxygens (including phenoxy) is 1. The number of methoxy groups -OCH3 is 1. The van der Waals surface area contributed by atoms with Gasteiger partial charge in [0, 0.05) is 56.1 Å². The van der Waals surface area contributed by atoms with Gasteiger partial charge in [0.2, 0.25) is 5.95 Å². The Bertz CT molecular complexity index is 1090. The van der Waals surface area contributed by atoms with Crippen molar-refractivity contribution in [3.05, 3.63) is 29.7 Å². The SMILES string of the molecule is COc1cc(CN2CC3[C@@H]2CN3CCO)ncc1Cn1ncc2nc(N)nc(N)c21. The zero-order valence-corrected chi connectivity index (χ0v) is 16.8. The Morgan fingerprint density at radius 1 is 1.13 bits per heavy atom. The number of nitrogens with two attached hydrogens (primary N) is 2. The summed E-state index contributed by atoms with van der Waals surface area (Å²) in [4.78, 5) is 17.6. The summed E-state index contributed by atoms with van der Waals surface area (Å²) in [5.74, 6) is 1.18. The average Bonchev–Trinajstić information content (AvgIpc) is 3.11. The third-order valence-electron chi connectivity index (χ3n) is 6.05. The molecule has 0 bridgehead atoms. The number of anilines is 2. The molecule has 0 spiro atoms. The molecular formula is C19H25N9O2. The molecule has 0 amide bonds. The Balaban J connectivity index is 1.31. The predicted octanol–water partition coefficient (Wildman–Crippen LogP) is -0.697. The molecule has 5 heterocycles. The van der Waals surface area contributed by atoms with Gasteiger partial charge >= 0.3 is 0 Å². The Kier molecular flexibility index (Phi) is 4.65. The van der Waals surface area contributed by atoms with Crippen molar-refractivity contribution in [3.63, 3.8) is 0 Å². The summed E-state index contributed by atoms with van der Waals surface area (Å²) in [5.41, 5.74) is 14.8. The molecule has 2 fully saturated rings. The van der Waals surface area contributed by atoms with Crippen LogP contribution in [0.15, 0.2) is 18.5 Å². The van der Waals surface area contributed by atoms with Crippen LogP contribution in [-0.4, -0.2) is 85.1 Å². The molecule has 30 heavy (non-hydrogen) atoms. The molecule has 3 aromatic heterocycles. The molecule has 0 radical (unpaired) electrons. The Labute approximate surface area is 173 Å². The summed E-state index contributed by atoms with van der Waals surface area (Å²) in [5, 5.41) is 13.5. The number of hydrogen-bond acceptors (Lipinski definition) is 10. The van der Waals surface area contributed by atoms with E-state index in [1.165, 1.54) is 0 Å². The molecule has 11 heteroatoms. The number of likely N-dealkylation sites (tertiary alicyclic amines) is 2. The molecule has 0 aliphatic carbocycles. The van der Waals surface area contributed by atoms with E-state index in [2.05, 4.69) is 29.9 Å². The van der Waals surface area contributed by atoms with Crippen LogP contribution in [0.4, 0.5) is 11.8 Å². The molecular weight excluding hydrogens is 386 g/mol. The summed E-state index contributed by atoms with van der Waals surface area (Å²) in [6, 6.07) is 3.12. The normalized spacial score (nSPS) is 21.3. The second-order valence-corrected chi connectivity index (χ2v) is 7.77. The molecule has 2 aliphatic heterocycles. The van der Waals surface area contributed by atoms with Gasteiger partial charge in [0.25, 0.3) is 0 Å². The largest absolute Gasteiger partial charge is 0.496 e. The van der Waals surface area contributed by atoms with E-state index in [0.717, 1.165) is 43.2 Å². The molecule has 11 nitrogen and oxygen atoms in total. The minimum Gasteiger partial charge on any atom is -0.496 e. The Morgan fingerprint density at radius 2 is 1.93 bits per heavy atom. The minimum atomic E-state index is 0.127. The summed E-state index contributed by atoms with van der Waals surface area (Å²) in [6.07, 6.45) is 3.45. The van der Waals surface area contributed by atoms with Gasteiger partial charge in [0.1, 0.15) is 16.8 Å². The highest BCUT2D eigenvalue weighted by Gasteiger charge is 2.50. The van der Waals surface area contributed by atoms with E-state index in [1.807, 2.05) is 12.3 Å². The molecule has 5 rings (SSSR count). The number of aromatic nitrogens is 5. The number of hydrogen-bond donors (Lipinski definition) is 3. The lowest BCUT2D eigenvalue weighted by molar-refractivity contribution is -0.132. The maximum Gasteiger partial charge on any atom is 0.222 e. The molecule has 2 aliphatic rings. The first-order valence-electron chi connectivity index (χ1n) is 9.92. The molecule has 1 unspecified atom stereocenters. The molecule has 2 atom stereocenters. The van der Waals surface area contributed by atoms with Crippen LogP contribution in [0.5, 0.6) is 5.75 Å². The number of pyridine rings is 1. The number of aliphatic hydroxyl groups excluding tert-OH is 1. The number of nitrogens with zero attached hydrogens (tertiary/aromatic N) is 7.